The molecule has 4 aliphatic carbocycles. The van der Waals surface area contributed by atoms with Gasteiger partial charge >= 0.3 is 7.12 Å². The lowest BCUT2D eigenvalue weighted by molar-refractivity contribution is 0.00578. The second-order valence-electron chi connectivity index (χ2n) is 18.6. The van der Waals surface area contributed by atoms with Crippen LogP contribution in [0, 0.1) is 0 Å². The number of halogens is 2. The van der Waals surface area contributed by atoms with Crippen LogP contribution in [0.25, 0.3) is 56.3 Å². The highest BCUT2D eigenvalue weighted by molar-refractivity contribution is 9.10. The van der Waals surface area contributed by atoms with Gasteiger partial charge in [0.25, 0.3) is 0 Å². The first-order valence-electron chi connectivity index (χ1n) is 22.7. The molecule has 4 aromatic carbocycles. The SMILES string of the molecule is Brc1ccc2c(c1)ncn2C1CC1.Brc1ccc2ncn(C3CC3)c2c1.C=CB1OC(C)(C)C(C)(C)O1.C=Cc1ccc2c(c1)ncn2C1CC1.C=Cc1ccc2ncn(C3CC3)c2c1. The van der Waals surface area contributed by atoms with Crippen LogP contribution < -0.4 is 0 Å². The number of hydrogen-bond donors (Lipinski definition) is 0. The molecule has 4 aromatic heterocycles. The van der Waals surface area contributed by atoms with Crippen molar-refractivity contribution in [2.75, 3.05) is 0 Å². The molecule has 5 heterocycles. The van der Waals surface area contributed by atoms with E-state index in [0.29, 0.717) is 24.2 Å². The Labute approximate surface area is 398 Å². The molecule has 1 saturated heterocycles. The van der Waals surface area contributed by atoms with Gasteiger partial charge in [-0.1, -0.05) is 75.3 Å². The molecule has 0 atom stereocenters. The minimum atomic E-state index is -0.250. The van der Waals surface area contributed by atoms with Crippen LogP contribution in [-0.2, 0) is 9.31 Å². The third-order valence-electron chi connectivity index (χ3n) is 13.0. The lowest BCUT2D eigenvalue weighted by Crippen LogP contribution is -2.41. The number of fused-ring (bicyclic) bond motifs is 4. The number of rotatable bonds is 7. The summed E-state index contributed by atoms with van der Waals surface area (Å²) in [5.74, 6) is 1.68. The molecule has 0 unspecified atom stereocenters. The van der Waals surface area contributed by atoms with Crippen molar-refractivity contribution in [2.45, 2.75) is 114 Å². The minimum absolute atomic E-state index is 0.230. The molecule has 13 heteroatoms. The first kappa shape index (κ1) is 45.1. The molecule has 5 aliphatic rings. The van der Waals surface area contributed by atoms with Crippen LogP contribution in [-0.4, -0.2) is 56.5 Å². The lowest BCUT2D eigenvalue weighted by atomic mass is 9.90. The Morgan fingerprint density at radius 1 is 0.492 bits per heavy atom. The molecule has 334 valence electrons. The van der Waals surface area contributed by atoms with Gasteiger partial charge in [-0.15, -0.1) is 6.58 Å². The van der Waals surface area contributed by atoms with Crippen molar-refractivity contribution in [3.8, 4) is 0 Å². The van der Waals surface area contributed by atoms with E-state index in [2.05, 4.69) is 157 Å². The zero-order valence-electron chi connectivity index (χ0n) is 37.8. The zero-order valence-corrected chi connectivity index (χ0v) is 41.0. The predicted molar refractivity (Wildman–Crippen MR) is 274 cm³/mol. The maximum absolute atomic E-state index is 5.57. The summed E-state index contributed by atoms with van der Waals surface area (Å²) in [7, 11) is -0.250. The van der Waals surface area contributed by atoms with Crippen LogP contribution in [0.4, 0.5) is 0 Å². The molecule has 0 spiro atoms. The normalized spacial score (nSPS) is 18.2. The van der Waals surface area contributed by atoms with Gasteiger partial charge in [-0.05, 0) is 151 Å². The third-order valence-corrected chi connectivity index (χ3v) is 14.0. The first-order valence-corrected chi connectivity index (χ1v) is 24.3. The van der Waals surface area contributed by atoms with Crippen LogP contribution >= 0.6 is 31.9 Å². The minimum Gasteiger partial charge on any atom is -0.400 e. The molecule has 13 rings (SSSR count). The number of imidazole rings is 4. The van der Waals surface area contributed by atoms with Crippen LogP contribution in [0.15, 0.2) is 133 Å². The molecule has 65 heavy (non-hydrogen) atoms. The summed E-state index contributed by atoms with van der Waals surface area (Å²) < 4.78 is 22.5. The summed E-state index contributed by atoms with van der Waals surface area (Å²) in [6.07, 6.45) is 22.0. The van der Waals surface area contributed by atoms with E-state index in [1.54, 1.807) is 5.98 Å². The number of aromatic nitrogens is 8. The first-order chi connectivity index (χ1) is 31.3. The Bertz CT molecular complexity index is 2990. The van der Waals surface area contributed by atoms with E-state index in [-0.39, 0.29) is 18.3 Å². The van der Waals surface area contributed by atoms with Gasteiger partial charge in [0.15, 0.2) is 0 Å². The molecule has 1 aliphatic heterocycles. The van der Waals surface area contributed by atoms with Crippen LogP contribution in [0.5, 0.6) is 0 Å². The summed E-state index contributed by atoms with van der Waals surface area (Å²) in [6, 6.07) is 27.9. The molecule has 10 nitrogen and oxygen atoms in total. The second kappa shape index (κ2) is 18.7. The summed E-state index contributed by atoms with van der Waals surface area (Å²) in [4.78, 5) is 17.5. The molecular weight excluding hydrogens is 939 g/mol. The summed E-state index contributed by atoms with van der Waals surface area (Å²) in [6.45, 7) is 19.3. The van der Waals surface area contributed by atoms with E-state index in [1.807, 2.05) is 71.2 Å². The highest BCUT2D eigenvalue weighted by Crippen LogP contribution is 2.40. The Kier molecular flexibility index (Phi) is 12.9. The number of nitrogens with zero attached hydrogens (tertiary/aromatic N) is 8. The fraction of sp³-hybridized carbons (Fsp3) is 0.346. The van der Waals surface area contributed by atoms with Gasteiger partial charge in [-0.3, -0.25) is 0 Å². The van der Waals surface area contributed by atoms with E-state index in [1.165, 1.54) is 79.0 Å². The Morgan fingerprint density at radius 3 is 1.32 bits per heavy atom. The molecule has 8 aromatic rings. The quantitative estimate of drug-likeness (QED) is 0.148. The second-order valence-corrected chi connectivity index (χ2v) is 20.4. The van der Waals surface area contributed by atoms with Crippen LogP contribution in [0.1, 0.15) is 114 Å². The van der Waals surface area contributed by atoms with Gasteiger partial charge in [0.05, 0.1) is 80.6 Å². The molecule has 0 radical (unpaired) electrons. The predicted octanol–water partition coefficient (Wildman–Crippen LogP) is 14.1. The van der Waals surface area contributed by atoms with E-state index in [9.17, 15) is 0 Å². The third kappa shape index (κ3) is 10.3. The van der Waals surface area contributed by atoms with Crippen molar-refractivity contribution in [2.24, 2.45) is 0 Å². The standard InChI is InChI=1S/2C12H12N2.2C10H9BrN2.C8H15BO2/c1-2-9-3-6-12-11(7-9)13-8-14(12)10-4-5-10;1-2-9-3-6-11-12(7-9)14(8-13-11)10-4-5-10;11-7-1-4-10-9(5-7)12-6-13(10)8-2-3-8;11-7-1-4-9-10(5-7)13(6-12-9)8-2-3-8;1-6-9-10-7(2,3)8(4,5)11-9/h2*2-3,6-8,10H,1,4-5H2;2*1,4-6,8H,2-3H2;6H,1H2,2-5H3. The fourth-order valence-electron chi connectivity index (χ4n) is 7.91. The van der Waals surface area contributed by atoms with E-state index in [4.69, 9.17) is 9.31 Å². The van der Waals surface area contributed by atoms with Gasteiger partial charge in [0.1, 0.15) is 0 Å². The average Bonchev–Trinajstić information content (AvgIpc) is 4.16. The van der Waals surface area contributed by atoms with E-state index in [0.717, 1.165) is 36.6 Å². The molecule has 0 amide bonds. The fourth-order valence-corrected chi connectivity index (χ4v) is 8.61. The van der Waals surface area contributed by atoms with Crippen molar-refractivity contribution in [3.63, 3.8) is 0 Å². The van der Waals surface area contributed by atoms with Crippen LogP contribution in [0.3, 0.4) is 0 Å². The number of benzene rings is 4. The lowest BCUT2D eigenvalue weighted by Gasteiger charge is -2.32. The highest BCUT2D eigenvalue weighted by atomic mass is 79.9. The van der Waals surface area contributed by atoms with Crippen molar-refractivity contribution in [3.05, 3.63) is 144 Å². The van der Waals surface area contributed by atoms with Crippen molar-refractivity contribution in [1.82, 2.24) is 38.2 Å². The van der Waals surface area contributed by atoms with Gasteiger partial charge in [-0.2, -0.15) is 0 Å². The molecule has 0 N–H and O–H groups in total. The van der Waals surface area contributed by atoms with E-state index >= 15 is 0 Å². The topological polar surface area (TPSA) is 89.7 Å². The molecular formula is C52H57BBr2N8O2. The van der Waals surface area contributed by atoms with Gasteiger partial charge < -0.3 is 27.6 Å². The van der Waals surface area contributed by atoms with Gasteiger partial charge in [0.2, 0.25) is 0 Å². The Morgan fingerprint density at radius 2 is 0.862 bits per heavy atom. The summed E-state index contributed by atoms with van der Waals surface area (Å²) in [5.41, 5.74) is 11.2. The Balaban J connectivity index is 0.000000103. The van der Waals surface area contributed by atoms with Crippen molar-refractivity contribution >= 4 is 95.3 Å². The zero-order chi connectivity index (χ0) is 45.5. The largest absolute Gasteiger partial charge is 0.486 e. The highest BCUT2D eigenvalue weighted by Gasteiger charge is 2.49. The van der Waals surface area contributed by atoms with Crippen molar-refractivity contribution < 1.29 is 9.31 Å². The number of hydrogen-bond acceptors (Lipinski definition) is 6. The summed E-state index contributed by atoms with van der Waals surface area (Å²) in [5, 5.41) is 0. The van der Waals surface area contributed by atoms with Crippen molar-refractivity contribution in [1.29, 1.82) is 0 Å². The molecule has 4 saturated carbocycles. The smallest absolute Gasteiger partial charge is 0.400 e. The van der Waals surface area contributed by atoms with E-state index < -0.39 is 0 Å². The molecule has 0 bridgehead atoms. The summed E-state index contributed by atoms with van der Waals surface area (Å²) >= 11 is 6.92. The monoisotopic (exact) mass is 994 g/mol. The van der Waals surface area contributed by atoms with Crippen LogP contribution in [0.2, 0.25) is 0 Å². The Hall–Kier alpha value is -5.08. The average molecular weight is 997 g/mol. The van der Waals surface area contributed by atoms with Gasteiger partial charge in [0, 0.05) is 33.1 Å². The maximum Gasteiger partial charge on any atom is 0.486 e. The maximum atomic E-state index is 5.57. The van der Waals surface area contributed by atoms with Gasteiger partial charge in [-0.25, -0.2) is 19.9 Å². The molecule has 5 fully saturated rings.